The van der Waals surface area contributed by atoms with Gasteiger partial charge in [-0.15, -0.1) is 0 Å². The lowest BCUT2D eigenvalue weighted by atomic mass is 9.53. The zero-order valence-electron chi connectivity index (χ0n) is 25.7. The Balaban J connectivity index is 1.43. The maximum atomic E-state index is 15.3. The van der Waals surface area contributed by atoms with E-state index in [2.05, 4.69) is 0 Å². The molecule has 3 aliphatic rings. The number of phenolic OH excluding ortho intramolecular Hbond substituents is 1. The first-order valence-electron chi connectivity index (χ1n) is 15.5. The summed E-state index contributed by atoms with van der Waals surface area (Å²) in [5.41, 5.74) is -0.305. The second kappa shape index (κ2) is 11.0. The van der Waals surface area contributed by atoms with Gasteiger partial charge in [0.1, 0.15) is 11.5 Å². The number of hydrogen-bond donors (Lipinski definition) is 1. The molecule has 0 unspecified atom stereocenters. The number of methoxy groups -OCH3 is 1. The van der Waals surface area contributed by atoms with Crippen LogP contribution in [0.2, 0.25) is 5.02 Å². The van der Waals surface area contributed by atoms with Crippen molar-refractivity contribution in [3.8, 4) is 17.2 Å². The lowest BCUT2D eigenvalue weighted by Gasteiger charge is -2.49. The van der Waals surface area contributed by atoms with E-state index in [4.69, 9.17) is 16.3 Å². The van der Waals surface area contributed by atoms with Crippen molar-refractivity contribution in [3.05, 3.63) is 152 Å². The number of phenols is 1. The van der Waals surface area contributed by atoms with Crippen LogP contribution in [0, 0.1) is 5.92 Å². The predicted molar refractivity (Wildman–Crippen MR) is 179 cm³/mol. The summed E-state index contributed by atoms with van der Waals surface area (Å²) in [4.78, 5) is 59.2. The Morgan fingerprint density at radius 2 is 1.54 bits per heavy atom. The first-order chi connectivity index (χ1) is 23.3. The van der Waals surface area contributed by atoms with Crippen molar-refractivity contribution in [1.82, 2.24) is 13.9 Å². The van der Waals surface area contributed by atoms with Crippen LogP contribution in [0.4, 0.5) is 5.69 Å². The van der Waals surface area contributed by atoms with E-state index in [9.17, 15) is 19.5 Å². The fraction of sp³-hybridized carbons (Fsp3) is 0.189. The van der Waals surface area contributed by atoms with Crippen LogP contribution < -0.4 is 21.0 Å². The van der Waals surface area contributed by atoms with Gasteiger partial charge >= 0.3 is 11.4 Å². The number of fused-ring (bicyclic) bond motifs is 4. The Hall–Kier alpha value is -5.61. The third-order valence-electron chi connectivity index (χ3n) is 9.99. The maximum Gasteiger partial charge on any atom is 0.352 e. The molecule has 3 heterocycles. The molecule has 4 aromatic carbocycles. The molecule has 1 saturated carbocycles. The van der Waals surface area contributed by atoms with Crippen LogP contribution >= 0.6 is 11.6 Å². The summed E-state index contributed by atoms with van der Waals surface area (Å²) in [6.07, 6.45) is 1.90. The Kier molecular flexibility index (Phi) is 6.81. The number of hydrogen-bond acceptors (Lipinski definition) is 6. The first kappa shape index (κ1) is 29.8. The topological polar surface area (TPSA) is 116 Å². The van der Waals surface area contributed by atoms with E-state index >= 15 is 4.79 Å². The molecular formula is C37H29ClN4O6. The SMILES string of the molecule is COc1ccc(O)c([C@H]2C3=CCn4c(=O)n(-c5ccccc5)c(=O)n4[C@@H]3C[C@H]3C(=O)N(c4cccc(Cl)c4)C(=O)[C@@]23c2ccccc2)c1. The van der Waals surface area contributed by atoms with Crippen LogP contribution in [0.15, 0.2) is 124 Å². The number of aromatic hydroxyl groups is 1. The molecule has 48 heavy (non-hydrogen) atoms. The number of benzene rings is 4. The van der Waals surface area contributed by atoms with Crippen molar-refractivity contribution in [2.45, 2.75) is 30.3 Å². The standard InChI is InChI=1S/C37H29ClN4O6/c1-48-26-15-16-31(43)28(20-26)32-27-17-18-39-35(46)41(24-12-6-3-7-13-24)36(47)42(39)30(27)21-29-33(44)40(25-14-8-11-23(38)19-25)34(45)37(29,32)22-9-4-2-5-10-22/h2-17,19-20,29-30,32,43H,18,21H2,1H3/t29-,30+,32+,37+/m0/s1. The van der Waals surface area contributed by atoms with Gasteiger partial charge < -0.3 is 9.84 Å². The second-order valence-corrected chi connectivity index (χ2v) is 12.7. The number of halogens is 1. The van der Waals surface area contributed by atoms with E-state index in [1.807, 2.05) is 36.4 Å². The van der Waals surface area contributed by atoms with Crippen LogP contribution in [0.1, 0.15) is 29.5 Å². The summed E-state index contributed by atoms with van der Waals surface area (Å²) in [5.74, 6) is -2.54. The molecule has 5 aromatic rings. The van der Waals surface area contributed by atoms with Crippen LogP contribution in [-0.2, 0) is 21.5 Å². The van der Waals surface area contributed by atoms with Crippen molar-refractivity contribution in [2.75, 3.05) is 12.0 Å². The van der Waals surface area contributed by atoms with E-state index in [-0.39, 0.29) is 18.7 Å². The second-order valence-electron chi connectivity index (χ2n) is 12.2. The Morgan fingerprint density at radius 1 is 0.833 bits per heavy atom. The fourth-order valence-electron chi connectivity index (χ4n) is 8.04. The van der Waals surface area contributed by atoms with Crippen LogP contribution in [-0.4, -0.2) is 38.0 Å². The van der Waals surface area contributed by atoms with Crippen molar-refractivity contribution in [3.63, 3.8) is 0 Å². The number of nitrogens with zero attached hydrogens (tertiary/aromatic N) is 4. The van der Waals surface area contributed by atoms with Gasteiger partial charge in [-0.1, -0.05) is 72.3 Å². The molecule has 1 saturated heterocycles. The number of amides is 2. The van der Waals surface area contributed by atoms with Gasteiger partial charge in [0, 0.05) is 16.5 Å². The zero-order chi connectivity index (χ0) is 33.3. The highest BCUT2D eigenvalue weighted by molar-refractivity contribution is 6.32. The molecule has 1 aliphatic carbocycles. The minimum absolute atomic E-state index is 0.0383. The van der Waals surface area contributed by atoms with Crippen molar-refractivity contribution < 1.29 is 19.4 Å². The highest BCUT2D eigenvalue weighted by Gasteiger charge is 2.69. The molecule has 2 fully saturated rings. The van der Waals surface area contributed by atoms with Crippen molar-refractivity contribution in [2.24, 2.45) is 5.92 Å². The lowest BCUT2D eigenvalue weighted by molar-refractivity contribution is -0.124. The number of carbonyl (C=O) groups is 2. The van der Waals surface area contributed by atoms with Gasteiger partial charge in [-0.05, 0) is 66.1 Å². The fourth-order valence-corrected chi connectivity index (χ4v) is 8.22. The summed E-state index contributed by atoms with van der Waals surface area (Å²) in [7, 11) is 1.51. The molecule has 240 valence electrons. The van der Waals surface area contributed by atoms with Gasteiger partial charge in [0.15, 0.2) is 0 Å². The third-order valence-corrected chi connectivity index (χ3v) is 10.2. The van der Waals surface area contributed by atoms with Gasteiger partial charge in [0.25, 0.3) is 0 Å². The normalized spacial score (nSPS) is 22.9. The summed E-state index contributed by atoms with van der Waals surface area (Å²) >= 11 is 6.36. The highest BCUT2D eigenvalue weighted by atomic mass is 35.5. The maximum absolute atomic E-state index is 15.3. The van der Waals surface area contributed by atoms with Gasteiger partial charge in [-0.25, -0.2) is 28.4 Å². The molecule has 0 bridgehead atoms. The molecular weight excluding hydrogens is 632 g/mol. The smallest absolute Gasteiger partial charge is 0.352 e. The number of anilines is 1. The molecule has 8 rings (SSSR count). The lowest BCUT2D eigenvalue weighted by Crippen LogP contribution is -2.53. The van der Waals surface area contributed by atoms with Gasteiger partial charge in [-0.2, -0.15) is 0 Å². The van der Waals surface area contributed by atoms with Gasteiger partial charge in [-0.3, -0.25) is 9.59 Å². The molecule has 2 aliphatic heterocycles. The minimum Gasteiger partial charge on any atom is -0.508 e. The number of imide groups is 1. The van der Waals surface area contributed by atoms with E-state index in [0.29, 0.717) is 38.8 Å². The van der Waals surface area contributed by atoms with E-state index in [1.165, 1.54) is 27.4 Å². The number of carbonyl (C=O) groups excluding carboxylic acids is 2. The molecule has 4 atom stereocenters. The molecule has 0 spiro atoms. The number of para-hydroxylation sites is 1. The first-order valence-corrected chi connectivity index (χ1v) is 15.9. The Bertz CT molecular complexity index is 2270. The molecule has 0 radical (unpaired) electrons. The largest absolute Gasteiger partial charge is 0.508 e. The van der Waals surface area contributed by atoms with Crippen molar-refractivity contribution >= 4 is 29.1 Å². The number of allylic oxidation sites excluding steroid dienone is 2. The summed E-state index contributed by atoms with van der Waals surface area (Å²) in [5, 5.41) is 11.9. The van der Waals surface area contributed by atoms with Gasteiger partial charge in [0.05, 0.1) is 42.4 Å². The molecule has 2 amide bonds. The average molecular weight is 661 g/mol. The molecule has 11 heteroatoms. The summed E-state index contributed by atoms with van der Waals surface area (Å²) < 4.78 is 9.47. The Morgan fingerprint density at radius 3 is 2.25 bits per heavy atom. The molecule has 1 aromatic heterocycles. The van der Waals surface area contributed by atoms with E-state index in [0.717, 1.165) is 4.57 Å². The number of aromatic nitrogens is 3. The monoisotopic (exact) mass is 660 g/mol. The van der Waals surface area contributed by atoms with Gasteiger partial charge in [0.2, 0.25) is 11.8 Å². The molecule has 10 nitrogen and oxygen atoms in total. The van der Waals surface area contributed by atoms with Crippen molar-refractivity contribution in [1.29, 1.82) is 0 Å². The number of ether oxygens (including phenoxy) is 1. The average Bonchev–Trinajstić information content (AvgIpc) is 3.50. The quantitative estimate of drug-likeness (QED) is 0.210. The number of rotatable bonds is 5. The zero-order valence-corrected chi connectivity index (χ0v) is 26.4. The van der Waals surface area contributed by atoms with Crippen LogP contribution in [0.3, 0.4) is 0 Å². The summed E-state index contributed by atoms with van der Waals surface area (Å²) in [6, 6.07) is 28.3. The highest BCUT2D eigenvalue weighted by Crippen LogP contribution is 2.63. The summed E-state index contributed by atoms with van der Waals surface area (Å²) in [6.45, 7) is 0.0383. The Labute approximate surface area is 279 Å². The van der Waals surface area contributed by atoms with E-state index < -0.39 is 46.5 Å². The third kappa shape index (κ3) is 4.05. The van der Waals surface area contributed by atoms with Crippen LogP contribution in [0.25, 0.3) is 5.69 Å². The van der Waals surface area contributed by atoms with E-state index in [1.54, 1.807) is 66.7 Å². The molecule has 1 N–H and O–H groups in total. The predicted octanol–water partition coefficient (Wildman–Crippen LogP) is 4.96. The minimum atomic E-state index is -1.54. The van der Waals surface area contributed by atoms with Crippen LogP contribution in [0.5, 0.6) is 11.5 Å².